The first-order valence-electron chi connectivity index (χ1n) is 6.60. The summed E-state index contributed by atoms with van der Waals surface area (Å²) in [6.45, 7) is 2.94. The molecule has 19 heavy (non-hydrogen) atoms. The predicted octanol–water partition coefficient (Wildman–Crippen LogP) is 4.19. The summed E-state index contributed by atoms with van der Waals surface area (Å²) in [4.78, 5) is 3.45. The quantitative estimate of drug-likeness (QED) is 0.904. The third-order valence-corrected chi connectivity index (χ3v) is 4.32. The van der Waals surface area contributed by atoms with Crippen LogP contribution >= 0.6 is 11.5 Å². The number of alkyl halides is 3. The maximum Gasteiger partial charge on any atom is 0.452 e. The summed E-state index contributed by atoms with van der Waals surface area (Å²) in [6, 6.07) is 0. The Hall–Kier alpha value is -0.850. The Balaban J connectivity index is 1.72. The molecule has 1 fully saturated rings. The van der Waals surface area contributed by atoms with Crippen molar-refractivity contribution in [2.45, 2.75) is 45.2 Å². The predicted molar refractivity (Wildman–Crippen MR) is 69.1 cm³/mol. The second kappa shape index (κ2) is 6.07. The van der Waals surface area contributed by atoms with Crippen LogP contribution in [0.4, 0.5) is 18.3 Å². The summed E-state index contributed by atoms with van der Waals surface area (Å²) in [5.41, 5.74) is 0. The van der Waals surface area contributed by atoms with Crippen molar-refractivity contribution in [1.29, 1.82) is 0 Å². The van der Waals surface area contributed by atoms with E-state index in [1.54, 1.807) is 0 Å². The first-order valence-corrected chi connectivity index (χ1v) is 7.37. The van der Waals surface area contributed by atoms with Crippen molar-refractivity contribution in [3.63, 3.8) is 0 Å². The molecular weight excluding hydrogens is 275 g/mol. The minimum absolute atomic E-state index is 0.261. The van der Waals surface area contributed by atoms with Crippen LogP contribution in [0.5, 0.6) is 0 Å². The van der Waals surface area contributed by atoms with Gasteiger partial charge in [-0.25, -0.2) is 0 Å². The molecule has 0 radical (unpaired) electrons. The summed E-state index contributed by atoms with van der Waals surface area (Å²) in [7, 11) is 0. The lowest BCUT2D eigenvalue weighted by Gasteiger charge is -2.25. The maximum absolute atomic E-state index is 12.3. The minimum atomic E-state index is -4.45. The maximum atomic E-state index is 12.3. The SMILES string of the molecule is CC1CCC(CCNc2nc(C(F)(F)F)ns2)CC1. The van der Waals surface area contributed by atoms with Crippen LogP contribution in [0.25, 0.3) is 0 Å². The third kappa shape index (κ3) is 4.33. The number of nitrogens with zero attached hydrogens (tertiary/aromatic N) is 2. The molecule has 0 aliphatic heterocycles. The molecule has 0 aromatic carbocycles. The second-order valence-electron chi connectivity index (χ2n) is 5.26. The molecule has 0 atom stereocenters. The first kappa shape index (κ1) is 14.6. The molecule has 108 valence electrons. The zero-order valence-electron chi connectivity index (χ0n) is 10.8. The Kier molecular flexibility index (Phi) is 4.65. The van der Waals surface area contributed by atoms with Crippen LogP contribution in [0.2, 0.25) is 0 Å². The molecule has 2 rings (SSSR count). The van der Waals surface area contributed by atoms with Gasteiger partial charge in [0.1, 0.15) is 0 Å². The molecule has 7 heteroatoms. The van der Waals surface area contributed by atoms with E-state index in [2.05, 4.69) is 21.6 Å². The number of nitrogens with one attached hydrogen (secondary N) is 1. The zero-order chi connectivity index (χ0) is 13.9. The Morgan fingerprint density at radius 3 is 2.53 bits per heavy atom. The van der Waals surface area contributed by atoms with E-state index in [9.17, 15) is 13.2 Å². The summed E-state index contributed by atoms with van der Waals surface area (Å²) in [5.74, 6) is 0.465. The number of anilines is 1. The lowest BCUT2D eigenvalue weighted by Crippen LogP contribution is -2.15. The van der Waals surface area contributed by atoms with Gasteiger partial charge in [0.05, 0.1) is 0 Å². The highest BCUT2D eigenvalue weighted by atomic mass is 32.1. The highest BCUT2D eigenvalue weighted by molar-refractivity contribution is 7.09. The van der Waals surface area contributed by atoms with Crippen LogP contribution in [0.1, 0.15) is 44.9 Å². The Bertz CT molecular complexity index is 397. The van der Waals surface area contributed by atoms with Crippen molar-refractivity contribution in [3.05, 3.63) is 5.82 Å². The van der Waals surface area contributed by atoms with Crippen LogP contribution in [0.15, 0.2) is 0 Å². The average Bonchev–Trinajstić information content (AvgIpc) is 2.80. The standard InChI is InChI=1S/C12H18F3N3S/c1-8-2-4-9(5-3-8)6-7-16-11-17-10(18-19-11)12(13,14)15/h8-9H,2-7H2,1H3,(H,16,17,18). The van der Waals surface area contributed by atoms with Gasteiger partial charge in [0.15, 0.2) is 0 Å². The normalized spacial score (nSPS) is 24.4. The van der Waals surface area contributed by atoms with Gasteiger partial charge in [-0.15, -0.1) is 0 Å². The molecule has 0 saturated heterocycles. The molecule has 1 heterocycles. The van der Waals surface area contributed by atoms with Gasteiger partial charge in [0, 0.05) is 18.1 Å². The molecule has 1 aliphatic carbocycles. The van der Waals surface area contributed by atoms with Crippen molar-refractivity contribution in [3.8, 4) is 0 Å². The fourth-order valence-electron chi connectivity index (χ4n) is 2.41. The summed E-state index contributed by atoms with van der Waals surface area (Å²) >= 11 is 0.771. The van der Waals surface area contributed by atoms with Crippen LogP contribution in [0, 0.1) is 11.8 Å². The molecule has 1 saturated carbocycles. The van der Waals surface area contributed by atoms with Gasteiger partial charge < -0.3 is 5.32 Å². The highest BCUT2D eigenvalue weighted by Gasteiger charge is 2.36. The highest BCUT2D eigenvalue weighted by Crippen LogP contribution is 2.31. The average molecular weight is 293 g/mol. The Morgan fingerprint density at radius 2 is 1.95 bits per heavy atom. The largest absolute Gasteiger partial charge is 0.452 e. The molecule has 0 amide bonds. The van der Waals surface area contributed by atoms with Crippen molar-refractivity contribution < 1.29 is 13.2 Å². The van der Waals surface area contributed by atoms with Crippen LogP contribution in [0.3, 0.4) is 0 Å². The summed E-state index contributed by atoms with van der Waals surface area (Å²) in [6.07, 6.45) is 1.53. The third-order valence-electron chi connectivity index (χ3n) is 3.64. The summed E-state index contributed by atoms with van der Waals surface area (Å²) in [5, 5.41) is 3.20. The minimum Gasteiger partial charge on any atom is -0.360 e. The molecule has 1 aliphatic rings. The topological polar surface area (TPSA) is 37.8 Å². The molecule has 0 spiro atoms. The number of rotatable bonds is 4. The molecule has 3 nitrogen and oxygen atoms in total. The molecule has 1 N–H and O–H groups in total. The first-order chi connectivity index (χ1) is 8.95. The molecule has 1 aromatic heterocycles. The van der Waals surface area contributed by atoms with Crippen molar-refractivity contribution in [2.24, 2.45) is 11.8 Å². The van der Waals surface area contributed by atoms with Gasteiger partial charge >= 0.3 is 6.18 Å². The van der Waals surface area contributed by atoms with Gasteiger partial charge in [0.2, 0.25) is 11.0 Å². The lowest BCUT2D eigenvalue weighted by atomic mass is 9.81. The fourth-order valence-corrected chi connectivity index (χ4v) is 3.02. The Morgan fingerprint density at radius 1 is 1.26 bits per heavy atom. The number of aromatic nitrogens is 2. The van der Waals surface area contributed by atoms with E-state index in [1.807, 2.05) is 0 Å². The van der Waals surface area contributed by atoms with Gasteiger partial charge in [-0.1, -0.05) is 32.6 Å². The molecule has 0 unspecified atom stereocenters. The van der Waals surface area contributed by atoms with E-state index in [1.165, 1.54) is 25.7 Å². The van der Waals surface area contributed by atoms with E-state index >= 15 is 0 Å². The zero-order valence-corrected chi connectivity index (χ0v) is 11.7. The van der Waals surface area contributed by atoms with Gasteiger partial charge in [-0.05, 0) is 18.3 Å². The monoisotopic (exact) mass is 293 g/mol. The molecular formula is C12H18F3N3S. The van der Waals surface area contributed by atoms with Gasteiger partial charge in [-0.3, -0.25) is 0 Å². The van der Waals surface area contributed by atoms with E-state index in [-0.39, 0.29) is 5.13 Å². The summed E-state index contributed by atoms with van der Waals surface area (Å²) < 4.78 is 40.2. The van der Waals surface area contributed by atoms with Crippen LogP contribution in [-0.4, -0.2) is 15.9 Å². The van der Waals surface area contributed by atoms with Crippen molar-refractivity contribution in [1.82, 2.24) is 9.36 Å². The van der Waals surface area contributed by atoms with Crippen LogP contribution < -0.4 is 5.32 Å². The second-order valence-corrected chi connectivity index (χ2v) is 6.01. The lowest BCUT2D eigenvalue weighted by molar-refractivity contribution is -0.144. The number of hydrogen-bond donors (Lipinski definition) is 1. The van der Waals surface area contributed by atoms with E-state index < -0.39 is 12.0 Å². The Labute approximate surface area is 114 Å². The van der Waals surface area contributed by atoms with Crippen molar-refractivity contribution in [2.75, 3.05) is 11.9 Å². The molecule has 0 bridgehead atoms. The van der Waals surface area contributed by atoms with Crippen LogP contribution in [-0.2, 0) is 6.18 Å². The van der Waals surface area contributed by atoms with Crippen molar-refractivity contribution >= 4 is 16.7 Å². The molecule has 1 aromatic rings. The number of hydrogen-bond acceptors (Lipinski definition) is 4. The van der Waals surface area contributed by atoms with E-state index in [0.29, 0.717) is 12.5 Å². The van der Waals surface area contributed by atoms with Gasteiger partial charge in [-0.2, -0.15) is 22.5 Å². The fraction of sp³-hybridized carbons (Fsp3) is 0.833. The smallest absolute Gasteiger partial charge is 0.360 e. The van der Waals surface area contributed by atoms with Gasteiger partial charge in [0.25, 0.3) is 0 Å². The van der Waals surface area contributed by atoms with E-state index in [4.69, 9.17) is 0 Å². The number of halogens is 3. The van der Waals surface area contributed by atoms with E-state index in [0.717, 1.165) is 23.9 Å².